The molecule has 3 unspecified atom stereocenters. The topological polar surface area (TPSA) is 45.7 Å². The first-order valence-corrected chi connectivity index (χ1v) is 8.94. The van der Waals surface area contributed by atoms with Crippen LogP contribution in [0.5, 0.6) is 0 Å². The first-order chi connectivity index (χ1) is 11.2. The maximum absolute atomic E-state index is 6.05. The summed E-state index contributed by atoms with van der Waals surface area (Å²) >= 11 is 6.05. The van der Waals surface area contributed by atoms with E-state index in [9.17, 15) is 0 Å². The summed E-state index contributed by atoms with van der Waals surface area (Å²) in [6.45, 7) is 1.65. The molecule has 1 aromatic carbocycles. The maximum atomic E-state index is 6.05. The highest BCUT2D eigenvalue weighted by atomic mass is 35.5. The van der Waals surface area contributed by atoms with Gasteiger partial charge in [-0.05, 0) is 37.0 Å². The minimum Gasteiger partial charge on any atom is -0.377 e. The Balaban J connectivity index is 1.39. The van der Waals surface area contributed by atoms with Crippen LogP contribution in [0.1, 0.15) is 31.2 Å². The highest BCUT2D eigenvalue weighted by molar-refractivity contribution is 6.30. The fourth-order valence-electron chi connectivity index (χ4n) is 4.63. The predicted molar refractivity (Wildman–Crippen MR) is 92.7 cm³/mol. The van der Waals surface area contributed by atoms with Crippen molar-refractivity contribution in [2.75, 3.05) is 13.7 Å². The molecule has 2 N–H and O–H groups in total. The molecule has 1 heterocycles. The Bertz CT molecular complexity index is 614. The molecule has 2 saturated carbocycles. The van der Waals surface area contributed by atoms with E-state index in [0.717, 1.165) is 29.7 Å². The molecule has 1 spiro atoms. The lowest BCUT2D eigenvalue weighted by molar-refractivity contribution is -0.171. The van der Waals surface area contributed by atoms with Gasteiger partial charge in [0.05, 0.1) is 6.10 Å². The van der Waals surface area contributed by atoms with Gasteiger partial charge in [-0.3, -0.25) is 4.99 Å². The average molecular weight is 334 g/mol. The van der Waals surface area contributed by atoms with Crippen LogP contribution in [0.2, 0.25) is 5.02 Å². The second-order valence-electron chi connectivity index (χ2n) is 7.01. The lowest BCUT2D eigenvalue weighted by Crippen LogP contribution is -2.72. The normalized spacial score (nSPS) is 31.2. The molecule has 0 radical (unpaired) electrons. The Kier molecular flexibility index (Phi) is 3.98. The number of nitrogens with one attached hydrogen (secondary N) is 2. The van der Waals surface area contributed by atoms with Gasteiger partial charge in [0.2, 0.25) is 0 Å². The molecule has 1 aliphatic heterocycles. The van der Waals surface area contributed by atoms with Crippen LogP contribution in [-0.4, -0.2) is 31.8 Å². The molecular formula is C18H24ClN3O. The van der Waals surface area contributed by atoms with E-state index >= 15 is 0 Å². The summed E-state index contributed by atoms with van der Waals surface area (Å²) in [5, 5.41) is 7.86. The monoisotopic (exact) mass is 333 g/mol. The number of guanidine groups is 1. The molecule has 0 bridgehead atoms. The third kappa shape index (κ3) is 2.52. The molecule has 2 aliphatic carbocycles. The van der Waals surface area contributed by atoms with Crippen LogP contribution in [0.25, 0.3) is 0 Å². The van der Waals surface area contributed by atoms with Crippen molar-refractivity contribution < 1.29 is 4.74 Å². The summed E-state index contributed by atoms with van der Waals surface area (Å²) in [5.41, 5.74) is 1.53. The number of halogens is 1. The minimum absolute atomic E-state index is 0.370. The molecular weight excluding hydrogens is 310 g/mol. The van der Waals surface area contributed by atoms with Gasteiger partial charge in [0.25, 0.3) is 0 Å². The molecule has 5 heteroatoms. The van der Waals surface area contributed by atoms with Crippen molar-refractivity contribution in [2.45, 2.75) is 44.4 Å². The highest BCUT2D eigenvalue weighted by Crippen LogP contribution is 2.62. The summed E-state index contributed by atoms with van der Waals surface area (Å²) < 4.78 is 5.98. The van der Waals surface area contributed by atoms with Gasteiger partial charge in [-0.2, -0.15) is 0 Å². The Hall–Kier alpha value is -1.26. The van der Waals surface area contributed by atoms with Crippen molar-refractivity contribution in [3.8, 4) is 0 Å². The van der Waals surface area contributed by atoms with E-state index in [1.807, 2.05) is 25.2 Å². The van der Waals surface area contributed by atoms with Crippen molar-refractivity contribution in [3.63, 3.8) is 0 Å². The van der Waals surface area contributed by atoms with Gasteiger partial charge in [-0.25, -0.2) is 0 Å². The molecule has 4 rings (SSSR count). The molecule has 1 saturated heterocycles. The number of hydrogen-bond acceptors (Lipinski definition) is 2. The smallest absolute Gasteiger partial charge is 0.191 e. The van der Waals surface area contributed by atoms with Crippen molar-refractivity contribution in [2.24, 2.45) is 16.3 Å². The van der Waals surface area contributed by atoms with Gasteiger partial charge in [0.1, 0.15) is 0 Å². The largest absolute Gasteiger partial charge is 0.377 e. The van der Waals surface area contributed by atoms with Crippen LogP contribution >= 0.6 is 11.6 Å². The number of ether oxygens (including phenoxy) is 1. The lowest BCUT2D eigenvalue weighted by Gasteiger charge is -2.63. The van der Waals surface area contributed by atoms with E-state index < -0.39 is 0 Å². The van der Waals surface area contributed by atoms with E-state index in [0.29, 0.717) is 23.5 Å². The van der Waals surface area contributed by atoms with Gasteiger partial charge in [0, 0.05) is 42.6 Å². The Morgan fingerprint density at radius 2 is 2.30 bits per heavy atom. The molecule has 3 fully saturated rings. The zero-order valence-corrected chi connectivity index (χ0v) is 14.3. The first kappa shape index (κ1) is 15.3. The van der Waals surface area contributed by atoms with E-state index in [-0.39, 0.29) is 0 Å². The van der Waals surface area contributed by atoms with Crippen LogP contribution in [0.4, 0.5) is 0 Å². The fraction of sp³-hybridized carbons (Fsp3) is 0.611. The van der Waals surface area contributed by atoms with Gasteiger partial charge in [-0.15, -0.1) is 0 Å². The standard InChI is InChI=1S/C18H24ClN3O/c1-20-17(21-11-12-4-2-5-13(19)10-12)22-15-14-6-9-23-16(14)18(15)7-3-8-18/h2,4-5,10,14-16H,3,6-9,11H2,1H3,(H2,20,21,22). The van der Waals surface area contributed by atoms with Gasteiger partial charge in [0.15, 0.2) is 5.96 Å². The van der Waals surface area contributed by atoms with E-state index in [4.69, 9.17) is 16.3 Å². The van der Waals surface area contributed by atoms with Gasteiger partial charge >= 0.3 is 0 Å². The Morgan fingerprint density at radius 1 is 1.43 bits per heavy atom. The maximum Gasteiger partial charge on any atom is 0.191 e. The van der Waals surface area contributed by atoms with Crippen LogP contribution in [-0.2, 0) is 11.3 Å². The number of fused-ring (bicyclic) bond motifs is 2. The molecule has 23 heavy (non-hydrogen) atoms. The van der Waals surface area contributed by atoms with Crippen molar-refractivity contribution in [1.29, 1.82) is 0 Å². The number of aliphatic imine (C=N–C) groups is 1. The van der Waals surface area contributed by atoms with Gasteiger partial charge < -0.3 is 15.4 Å². The van der Waals surface area contributed by atoms with Gasteiger partial charge in [-0.1, -0.05) is 30.2 Å². The second kappa shape index (κ2) is 5.99. The highest BCUT2D eigenvalue weighted by Gasteiger charge is 2.66. The molecule has 124 valence electrons. The Morgan fingerprint density at radius 3 is 3.00 bits per heavy atom. The fourth-order valence-corrected chi connectivity index (χ4v) is 4.84. The molecule has 3 aliphatic rings. The van der Waals surface area contributed by atoms with E-state index in [2.05, 4.69) is 21.7 Å². The molecule has 0 aromatic heterocycles. The predicted octanol–water partition coefficient (Wildman–Crippen LogP) is 2.96. The third-order valence-corrected chi connectivity index (χ3v) is 6.14. The van der Waals surface area contributed by atoms with Crippen molar-refractivity contribution >= 4 is 17.6 Å². The molecule has 3 atom stereocenters. The first-order valence-electron chi connectivity index (χ1n) is 8.56. The molecule has 0 amide bonds. The average Bonchev–Trinajstić information content (AvgIpc) is 2.91. The second-order valence-corrected chi connectivity index (χ2v) is 7.44. The van der Waals surface area contributed by atoms with Crippen LogP contribution in [0.15, 0.2) is 29.3 Å². The molecule has 4 nitrogen and oxygen atoms in total. The van der Waals surface area contributed by atoms with Crippen LogP contribution in [0.3, 0.4) is 0 Å². The summed E-state index contributed by atoms with van der Waals surface area (Å²) in [6.07, 6.45) is 5.57. The minimum atomic E-state index is 0.370. The lowest BCUT2D eigenvalue weighted by atomic mass is 9.46. The van der Waals surface area contributed by atoms with Crippen molar-refractivity contribution in [3.05, 3.63) is 34.9 Å². The zero-order valence-electron chi connectivity index (χ0n) is 13.5. The number of nitrogens with zero attached hydrogens (tertiary/aromatic N) is 1. The number of hydrogen-bond donors (Lipinski definition) is 2. The number of benzene rings is 1. The Labute approximate surface area is 142 Å². The van der Waals surface area contributed by atoms with Crippen molar-refractivity contribution in [1.82, 2.24) is 10.6 Å². The summed E-state index contributed by atoms with van der Waals surface area (Å²) in [5.74, 6) is 1.53. The number of rotatable bonds is 3. The molecule has 1 aromatic rings. The summed E-state index contributed by atoms with van der Waals surface area (Å²) in [7, 11) is 1.84. The quantitative estimate of drug-likeness (QED) is 0.660. The van der Waals surface area contributed by atoms with Crippen LogP contribution in [0, 0.1) is 11.3 Å². The SMILES string of the molecule is CN=C(NCc1cccc(Cl)c1)NC1C2CCOC2C12CCC2. The van der Waals surface area contributed by atoms with E-state index in [1.165, 1.54) is 25.7 Å². The zero-order chi connectivity index (χ0) is 15.9. The summed E-state index contributed by atoms with van der Waals surface area (Å²) in [6, 6.07) is 8.44. The summed E-state index contributed by atoms with van der Waals surface area (Å²) in [4.78, 5) is 4.41. The third-order valence-electron chi connectivity index (χ3n) is 5.90. The van der Waals surface area contributed by atoms with E-state index in [1.54, 1.807) is 0 Å². The van der Waals surface area contributed by atoms with Crippen LogP contribution < -0.4 is 10.6 Å².